The number of hydrogen-bond acceptors (Lipinski definition) is 5. The van der Waals surface area contributed by atoms with E-state index in [0.717, 1.165) is 0 Å². The van der Waals surface area contributed by atoms with E-state index in [1.54, 1.807) is 24.4 Å². The molecule has 1 aromatic carbocycles. The van der Waals surface area contributed by atoms with Crippen LogP contribution in [0.25, 0.3) is 11.3 Å². The number of carbonyl (C=O) groups is 2. The number of amides is 1. The minimum Gasteiger partial charge on any atom is -0.465 e. The number of rotatable bonds is 5. The average Bonchev–Trinajstić information content (AvgIpc) is 3.25. The van der Waals surface area contributed by atoms with Crippen molar-refractivity contribution in [2.45, 2.75) is 20.3 Å². The lowest BCUT2D eigenvalue weighted by Gasteiger charge is -2.02. The number of aryl methyl sites for hydroxylation is 1. The van der Waals surface area contributed by atoms with Gasteiger partial charge in [0, 0.05) is 16.6 Å². The summed E-state index contributed by atoms with van der Waals surface area (Å²) in [7, 11) is 1.30. The third kappa shape index (κ3) is 3.75. The van der Waals surface area contributed by atoms with Crippen molar-refractivity contribution in [2.75, 3.05) is 12.4 Å². The summed E-state index contributed by atoms with van der Waals surface area (Å²) in [4.78, 5) is 31.9. The van der Waals surface area contributed by atoms with E-state index in [2.05, 4.69) is 15.3 Å². The van der Waals surface area contributed by atoms with Crippen molar-refractivity contribution in [1.82, 2.24) is 9.97 Å². The summed E-state index contributed by atoms with van der Waals surface area (Å²) < 4.78 is 18.2. The maximum atomic E-state index is 13.4. The molecule has 2 aromatic heterocycles. The number of nitrogens with zero attached hydrogens (tertiary/aromatic N) is 1. The van der Waals surface area contributed by atoms with Gasteiger partial charge >= 0.3 is 5.97 Å². The molecule has 0 radical (unpaired) electrons. The van der Waals surface area contributed by atoms with Crippen LogP contribution in [0.1, 0.15) is 39.0 Å². The average molecular weight is 387 g/mol. The van der Waals surface area contributed by atoms with Gasteiger partial charge in [-0.05, 0) is 31.0 Å². The summed E-state index contributed by atoms with van der Waals surface area (Å²) in [5, 5.41) is 4.84. The Kier molecular flexibility index (Phi) is 5.36. The Hall–Kier alpha value is -3.00. The Bertz CT molecular complexity index is 1010. The molecule has 0 atom stereocenters. The van der Waals surface area contributed by atoms with Gasteiger partial charge in [0.05, 0.1) is 18.4 Å². The first-order valence-electron chi connectivity index (χ1n) is 8.27. The number of anilines is 1. The van der Waals surface area contributed by atoms with Gasteiger partial charge < -0.3 is 9.72 Å². The van der Waals surface area contributed by atoms with Crippen molar-refractivity contribution in [3.63, 3.8) is 0 Å². The number of aromatic nitrogens is 2. The highest BCUT2D eigenvalue weighted by Crippen LogP contribution is 2.26. The topological polar surface area (TPSA) is 84.1 Å². The molecule has 0 spiro atoms. The third-order valence-electron chi connectivity index (χ3n) is 4.14. The van der Waals surface area contributed by atoms with E-state index in [1.807, 2.05) is 6.92 Å². The molecule has 0 unspecified atom stereocenters. The predicted molar refractivity (Wildman–Crippen MR) is 102 cm³/mol. The van der Waals surface area contributed by atoms with Crippen LogP contribution in [-0.4, -0.2) is 29.0 Å². The van der Waals surface area contributed by atoms with Crippen LogP contribution in [0.4, 0.5) is 9.52 Å². The van der Waals surface area contributed by atoms with Gasteiger partial charge in [0.2, 0.25) is 0 Å². The molecule has 0 fully saturated rings. The molecule has 3 aromatic rings. The van der Waals surface area contributed by atoms with Gasteiger partial charge in [0.25, 0.3) is 5.91 Å². The van der Waals surface area contributed by atoms with Crippen LogP contribution >= 0.6 is 11.3 Å². The molecule has 6 nitrogen and oxygen atoms in total. The molecular weight excluding hydrogens is 369 g/mol. The summed E-state index contributed by atoms with van der Waals surface area (Å²) in [6.07, 6.45) is 0.555. The van der Waals surface area contributed by atoms with Gasteiger partial charge in [-0.3, -0.25) is 10.1 Å². The molecule has 0 aliphatic rings. The van der Waals surface area contributed by atoms with Gasteiger partial charge in [-0.25, -0.2) is 14.2 Å². The number of thiazole rings is 1. The number of benzene rings is 1. The molecule has 3 rings (SSSR count). The number of esters is 1. The number of methoxy groups -OCH3 is 1. The van der Waals surface area contributed by atoms with E-state index in [9.17, 15) is 14.0 Å². The van der Waals surface area contributed by atoms with E-state index in [4.69, 9.17) is 4.74 Å². The second kappa shape index (κ2) is 7.71. The monoisotopic (exact) mass is 387 g/mol. The van der Waals surface area contributed by atoms with Crippen molar-refractivity contribution in [1.29, 1.82) is 0 Å². The molecule has 2 heterocycles. The lowest BCUT2D eigenvalue weighted by atomic mass is 10.1. The zero-order chi connectivity index (χ0) is 19.6. The molecule has 1 amide bonds. The fraction of sp³-hybridized carbons (Fsp3) is 0.211. The van der Waals surface area contributed by atoms with Gasteiger partial charge in [0.15, 0.2) is 5.13 Å². The van der Waals surface area contributed by atoms with Gasteiger partial charge in [-0.15, -0.1) is 11.3 Å². The van der Waals surface area contributed by atoms with Crippen molar-refractivity contribution in [3.05, 3.63) is 58.0 Å². The highest BCUT2D eigenvalue weighted by atomic mass is 32.1. The highest BCUT2D eigenvalue weighted by Gasteiger charge is 2.24. The Morgan fingerprint density at radius 1 is 1.37 bits per heavy atom. The second-order valence-corrected chi connectivity index (χ2v) is 6.68. The fourth-order valence-electron chi connectivity index (χ4n) is 2.80. The van der Waals surface area contributed by atoms with Gasteiger partial charge in [0.1, 0.15) is 11.5 Å². The zero-order valence-corrected chi connectivity index (χ0v) is 15.9. The third-order valence-corrected chi connectivity index (χ3v) is 4.90. The fourth-order valence-corrected chi connectivity index (χ4v) is 3.51. The van der Waals surface area contributed by atoms with Crippen LogP contribution in [0.15, 0.2) is 29.6 Å². The number of nitrogens with one attached hydrogen (secondary N) is 2. The van der Waals surface area contributed by atoms with Gasteiger partial charge in [-0.1, -0.05) is 19.1 Å². The van der Waals surface area contributed by atoms with Gasteiger partial charge in [-0.2, -0.15) is 0 Å². The second-order valence-electron chi connectivity index (χ2n) is 5.83. The van der Waals surface area contributed by atoms with Crippen LogP contribution in [0, 0.1) is 12.7 Å². The number of halogens is 1. The number of aromatic amines is 1. The van der Waals surface area contributed by atoms with E-state index in [0.29, 0.717) is 39.6 Å². The first kappa shape index (κ1) is 18.8. The Morgan fingerprint density at radius 3 is 2.81 bits per heavy atom. The molecule has 8 heteroatoms. The van der Waals surface area contributed by atoms with Crippen LogP contribution in [-0.2, 0) is 11.2 Å². The molecule has 2 N–H and O–H groups in total. The largest absolute Gasteiger partial charge is 0.465 e. The van der Waals surface area contributed by atoms with Crippen molar-refractivity contribution in [3.8, 4) is 11.3 Å². The molecule has 0 aliphatic carbocycles. The van der Waals surface area contributed by atoms with E-state index < -0.39 is 11.9 Å². The molecule has 0 saturated carbocycles. The zero-order valence-electron chi connectivity index (χ0n) is 15.1. The number of carbonyl (C=O) groups excluding carboxylic acids is 2. The van der Waals surface area contributed by atoms with E-state index in [-0.39, 0.29) is 11.5 Å². The summed E-state index contributed by atoms with van der Waals surface area (Å²) >= 11 is 1.24. The SMILES string of the molecule is CCc1[nH]c(C(=O)Nc2nc(-c3cccc(F)c3)cs2)c(C)c1C(=O)OC. The molecule has 0 aliphatic heterocycles. The summed E-state index contributed by atoms with van der Waals surface area (Å²) in [6, 6.07) is 6.09. The van der Waals surface area contributed by atoms with Crippen molar-refractivity contribution >= 4 is 28.3 Å². The molecule has 0 saturated heterocycles. The minimum absolute atomic E-state index is 0.287. The van der Waals surface area contributed by atoms with Crippen LogP contribution in [0.2, 0.25) is 0 Å². The van der Waals surface area contributed by atoms with Crippen LogP contribution in [0.5, 0.6) is 0 Å². The summed E-state index contributed by atoms with van der Waals surface area (Å²) in [6.45, 7) is 3.57. The minimum atomic E-state index is -0.484. The van der Waals surface area contributed by atoms with E-state index >= 15 is 0 Å². The summed E-state index contributed by atoms with van der Waals surface area (Å²) in [5.74, 6) is -1.24. The normalized spacial score (nSPS) is 10.7. The first-order valence-corrected chi connectivity index (χ1v) is 9.15. The first-order chi connectivity index (χ1) is 12.9. The molecule has 140 valence electrons. The Labute approximate surface area is 159 Å². The quantitative estimate of drug-likeness (QED) is 0.643. The smallest absolute Gasteiger partial charge is 0.339 e. The van der Waals surface area contributed by atoms with Crippen LogP contribution < -0.4 is 5.32 Å². The summed E-state index contributed by atoms with van der Waals surface area (Å²) in [5.41, 5.74) is 3.04. The molecule has 0 bridgehead atoms. The lowest BCUT2D eigenvalue weighted by Crippen LogP contribution is -2.14. The van der Waals surface area contributed by atoms with E-state index in [1.165, 1.54) is 30.6 Å². The predicted octanol–water partition coefficient (Wildman–Crippen LogP) is 4.19. The standard InChI is InChI=1S/C19H18FN3O3S/c1-4-13-15(18(25)26-3)10(2)16(21-13)17(24)23-19-22-14(9-27-19)11-6-5-7-12(20)8-11/h5-9,21H,4H2,1-3H3,(H,22,23,24). The van der Waals surface area contributed by atoms with Crippen molar-refractivity contribution in [2.24, 2.45) is 0 Å². The number of ether oxygens (including phenoxy) is 1. The number of hydrogen-bond donors (Lipinski definition) is 2. The Morgan fingerprint density at radius 2 is 2.15 bits per heavy atom. The maximum Gasteiger partial charge on any atom is 0.339 e. The molecular formula is C19H18FN3O3S. The van der Waals surface area contributed by atoms with Crippen molar-refractivity contribution < 1.29 is 18.7 Å². The highest BCUT2D eigenvalue weighted by molar-refractivity contribution is 7.14. The van der Waals surface area contributed by atoms with Crippen LogP contribution in [0.3, 0.4) is 0 Å². The maximum absolute atomic E-state index is 13.4. The molecule has 27 heavy (non-hydrogen) atoms. The lowest BCUT2D eigenvalue weighted by molar-refractivity contribution is 0.0599. The number of H-pyrrole nitrogens is 1. The Balaban J connectivity index is 1.84.